The number of nitrogens with zero attached hydrogens (tertiary/aromatic N) is 4. The summed E-state index contributed by atoms with van der Waals surface area (Å²) in [5.41, 5.74) is 9.05. The topological polar surface area (TPSA) is 76.7 Å². The number of benzene rings is 2. The monoisotopic (exact) mass is 483 g/mol. The van der Waals surface area contributed by atoms with Crippen molar-refractivity contribution in [2.24, 2.45) is 0 Å². The van der Waals surface area contributed by atoms with Crippen LogP contribution in [0.4, 0.5) is 17.2 Å². The molecule has 2 N–H and O–H groups in total. The van der Waals surface area contributed by atoms with Crippen molar-refractivity contribution in [3.8, 4) is 11.5 Å². The molecule has 0 atom stereocenters. The Kier molecular flexibility index (Phi) is 5.25. The lowest BCUT2D eigenvalue weighted by molar-refractivity contribution is 0.355. The Morgan fingerprint density at radius 2 is 1.61 bits per heavy atom. The second kappa shape index (κ2) is 8.07. The lowest BCUT2D eigenvalue weighted by Crippen LogP contribution is -2.47. The van der Waals surface area contributed by atoms with Gasteiger partial charge in [-0.25, -0.2) is 9.97 Å². The minimum Gasteiger partial charge on any atom is -0.493 e. The molecular formula is C23H26BrN5O2. The second-order valence-corrected chi connectivity index (χ2v) is 9.00. The lowest BCUT2D eigenvalue weighted by atomic mass is 10.1. The number of piperazine rings is 1. The van der Waals surface area contributed by atoms with Gasteiger partial charge in [0.1, 0.15) is 11.6 Å². The molecule has 1 aliphatic heterocycles. The van der Waals surface area contributed by atoms with Gasteiger partial charge >= 0.3 is 0 Å². The molecule has 8 heteroatoms. The summed E-state index contributed by atoms with van der Waals surface area (Å²) < 4.78 is 12.1. The number of fused-ring (bicyclic) bond motifs is 1. The number of anilines is 3. The Hall–Kier alpha value is -2.74. The quantitative estimate of drug-likeness (QED) is 0.544. The highest BCUT2D eigenvalue weighted by Crippen LogP contribution is 2.42. The number of ether oxygens (including phenoxy) is 2. The third-order valence-electron chi connectivity index (χ3n) is 6.05. The Morgan fingerprint density at radius 3 is 2.26 bits per heavy atom. The van der Waals surface area contributed by atoms with Crippen molar-refractivity contribution < 1.29 is 9.47 Å². The molecule has 2 heterocycles. The minimum absolute atomic E-state index is 0.472. The first-order chi connectivity index (χ1) is 15.1. The van der Waals surface area contributed by atoms with Crippen LogP contribution in [0.5, 0.6) is 11.5 Å². The average molecular weight is 484 g/mol. The third kappa shape index (κ3) is 3.84. The molecule has 2 aromatic carbocycles. The molecule has 1 aromatic heterocycles. The number of hydrogen-bond acceptors (Lipinski definition) is 7. The first-order valence-electron chi connectivity index (χ1n) is 10.6. The Labute approximate surface area is 190 Å². The predicted octanol–water partition coefficient (Wildman–Crippen LogP) is 4.20. The van der Waals surface area contributed by atoms with Crippen LogP contribution in [0.3, 0.4) is 0 Å². The summed E-state index contributed by atoms with van der Waals surface area (Å²) in [7, 11) is 3.31. The Balaban J connectivity index is 1.48. The van der Waals surface area contributed by atoms with Gasteiger partial charge in [0.25, 0.3) is 0 Å². The molecule has 162 valence electrons. The minimum atomic E-state index is 0.472. The highest BCUT2D eigenvalue weighted by molar-refractivity contribution is 9.10. The van der Waals surface area contributed by atoms with Crippen molar-refractivity contribution in [2.75, 3.05) is 55.9 Å². The number of nitrogens with two attached hydrogens (primary N) is 1. The maximum Gasteiger partial charge on any atom is 0.162 e. The van der Waals surface area contributed by atoms with Gasteiger partial charge in [-0.05, 0) is 37.1 Å². The van der Waals surface area contributed by atoms with E-state index in [1.165, 1.54) is 0 Å². The molecule has 2 fully saturated rings. The molecular weight excluding hydrogens is 458 g/mol. The van der Waals surface area contributed by atoms with Crippen LogP contribution in [0.25, 0.3) is 10.9 Å². The number of methoxy groups -OCH3 is 2. The number of hydrogen-bond donors (Lipinski definition) is 1. The molecule has 0 bridgehead atoms. The van der Waals surface area contributed by atoms with Crippen molar-refractivity contribution in [2.45, 2.75) is 18.8 Å². The standard InChI is InChI=1S/C23H26BrN5O2/c1-30-20-12-16-18(13-21(20)31-2)26-22(14-3-4-14)27-23(16)29-9-7-28(8-10-29)19-6-5-15(24)11-17(19)25/h5-6,11-14H,3-4,7-10,25H2,1-2H3. The molecule has 0 spiro atoms. The van der Waals surface area contributed by atoms with Gasteiger partial charge < -0.3 is 25.0 Å². The van der Waals surface area contributed by atoms with E-state index in [9.17, 15) is 0 Å². The van der Waals surface area contributed by atoms with Gasteiger partial charge in [0.05, 0.1) is 31.1 Å². The molecule has 5 rings (SSSR count). The number of aromatic nitrogens is 2. The summed E-state index contributed by atoms with van der Waals surface area (Å²) in [6.45, 7) is 3.48. The summed E-state index contributed by atoms with van der Waals surface area (Å²) >= 11 is 3.49. The number of rotatable bonds is 5. The molecule has 7 nitrogen and oxygen atoms in total. The van der Waals surface area contributed by atoms with Crippen LogP contribution >= 0.6 is 15.9 Å². The molecule has 1 saturated heterocycles. The fourth-order valence-corrected chi connectivity index (χ4v) is 4.57. The maximum absolute atomic E-state index is 6.26. The summed E-state index contributed by atoms with van der Waals surface area (Å²) in [6.07, 6.45) is 2.32. The van der Waals surface area contributed by atoms with Gasteiger partial charge in [-0.2, -0.15) is 0 Å². The third-order valence-corrected chi connectivity index (χ3v) is 6.54. The van der Waals surface area contributed by atoms with Crippen LogP contribution in [0.2, 0.25) is 0 Å². The van der Waals surface area contributed by atoms with Crippen LogP contribution in [0.1, 0.15) is 24.6 Å². The summed E-state index contributed by atoms with van der Waals surface area (Å²) in [6, 6.07) is 10.0. The lowest BCUT2D eigenvalue weighted by Gasteiger charge is -2.37. The van der Waals surface area contributed by atoms with Crippen LogP contribution in [0, 0.1) is 0 Å². The SMILES string of the molecule is COc1cc2nc(C3CC3)nc(N3CCN(c4ccc(Br)cc4N)CC3)c2cc1OC. The van der Waals surface area contributed by atoms with Gasteiger partial charge in [0, 0.05) is 48.0 Å². The van der Waals surface area contributed by atoms with Gasteiger partial charge in [-0.15, -0.1) is 0 Å². The molecule has 1 aliphatic carbocycles. The van der Waals surface area contributed by atoms with E-state index in [0.29, 0.717) is 17.4 Å². The van der Waals surface area contributed by atoms with Crippen LogP contribution in [-0.2, 0) is 0 Å². The molecule has 2 aliphatic rings. The summed E-state index contributed by atoms with van der Waals surface area (Å²) in [4.78, 5) is 14.6. The van der Waals surface area contributed by atoms with Crippen LogP contribution < -0.4 is 25.0 Å². The van der Waals surface area contributed by atoms with E-state index in [0.717, 1.165) is 77.4 Å². The Morgan fingerprint density at radius 1 is 0.935 bits per heavy atom. The van der Waals surface area contributed by atoms with Crippen molar-refractivity contribution in [1.82, 2.24) is 9.97 Å². The van der Waals surface area contributed by atoms with Crippen LogP contribution in [0.15, 0.2) is 34.8 Å². The maximum atomic E-state index is 6.26. The molecule has 31 heavy (non-hydrogen) atoms. The Bertz CT molecular complexity index is 1130. The zero-order valence-electron chi connectivity index (χ0n) is 17.8. The fourth-order valence-electron chi connectivity index (χ4n) is 4.19. The average Bonchev–Trinajstić information content (AvgIpc) is 3.63. The van der Waals surface area contributed by atoms with E-state index in [1.54, 1.807) is 14.2 Å². The van der Waals surface area contributed by atoms with Crippen LogP contribution in [-0.4, -0.2) is 50.4 Å². The van der Waals surface area contributed by atoms with Crippen molar-refractivity contribution in [3.63, 3.8) is 0 Å². The highest BCUT2D eigenvalue weighted by atomic mass is 79.9. The first-order valence-corrected chi connectivity index (χ1v) is 11.3. The van der Waals surface area contributed by atoms with Gasteiger partial charge in [0.2, 0.25) is 0 Å². The van der Waals surface area contributed by atoms with Crippen molar-refractivity contribution in [3.05, 3.63) is 40.6 Å². The highest BCUT2D eigenvalue weighted by Gasteiger charge is 2.30. The smallest absolute Gasteiger partial charge is 0.162 e. The van der Waals surface area contributed by atoms with E-state index >= 15 is 0 Å². The zero-order chi connectivity index (χ0) is 21.5. The van der Waals surface area contributed by atoms with Crippen molar-refractivity contribution in [1.29, 1.82) is 0 Å². The second-order valence-electron chi connectivity index (χ2n) is 8.08. The summed E-state index contributed by atoms with van der Waals surface area (Å²) in [5.74, 6) is 3.78. The summed E-state index contributed by atoms with van der Waals surface area (Å²) in [5, 5.41) is 0.999. The van der Waals surface area contributed by atoms with E-state index < -0.39 is 0 Å². The largest absolute Gasteiger partial charge is 0.493 e. The van der Waals surface area contributed by atoms with E-state index in [1.807, 2.05) is 24.3 Å². The van der Waals surface area contributed by atoms with Gasteiger partial charge in [0.15, 0.2) is 11.5 Å². The van der Waals surface area contributed by atoms with Gasteiger partial charge in [-0.1, -0.05) is 15.9 Å². The van der Waals surface area contributed by atoms with Gasteiger partial charge in [-0.3, -0.25) is 0 Å². The fraction of sp³-hybridized carbons (Fsp3) is 0.391. The van der Waals surface area contributed by atoms with E-state index in [2.05, 4.69) is 31.8 Å². The molecule has 3 aromatic rings. The predicted molar refractivity (Wildman–Crippen MR) is 128 cm³/mol. The molecule has 0 unspecified atom stereocenters. The van der Waals surface area contributed by atoms with Crippen molar-refractivity contribution >= 4 is 44.0 Å². The molecule has 0 amide bonds. The number of nitrogen functional groups attached to an aromatic ring is 1. The first kappa shape index (κ1) is 20.2. The number of halogens is 1. The van der Waals surface area contributed by atoms with E-state index in [-0.39, 0.29) is 0 Å². The van der Waals surface area contributed by atoms with E-state index in [4.69, 9.17) is 25.2 Å². The zero-order valence-corrected chi connectivity index (χ0v) is 19.4. The molecule has 1 saturated carbocycles. The normalized spacial score (nSPS) is 16.6. The molecule has 0 radical (unpaired) electrons.